The van der Waals surface area contributed by atoms with Crippen molar-refractivity contribution in [2.45, 2.75) is 458 Å². The van der Waals surface area contributed by atoms with Crippen molar-refractivity contribution in [1.29, 1.82) is 0 Å². The molecule has 1 aliphatic rings. The fraction of sp³-hybridized carbons (Fsp3) is 1.00. The van der Waals surface area contributed by atoms with Gasteiger partial charge in [0.1, 0.15) is 39.7 Å². The van der Waals surface area contributed by atoms with E-state index in [0.717, 1.165) is 64.2 Å². The van der Waals surface area contributed by atoms with Crippen LogP contribution in [0.5, 0.6) is 0 Å². The Morgan fingerprint density at radius 3 is 0.763 bits per heavy atom. The summed E-state index contributed by atoms with van der Waals surface area (Å²) in [5.74, 6) is 0.565. The molecule has 0 N–H and O–H groups in total. The van der Waals surface area contributed by atoms with E-state index < -0.39 is 45.6 Å². The quantitative estimate of drug-likeness (QED) is 0.0685. The predicted molar refractivity (Wildman–Crippen MR) is 406 cm³/mol. The lowest BCUT2D eigenvalue weighted by Crippen LogP contribution is -2.55. The van der Waals surface area contributed by atoms with Crippen molar-refractivity contribution >= 4 is 0 Å². The van der Waals surface area contributed by atoms with E-state index in [0.29, 0.717) is 80.0 Å². The molecule has 2 atom stereocenters. The Bertz CT molecular complexity index is 1600. The molecule has 0 aliphatic heterocycles. The lowest BCUT2D eigenvalue weighted by atomic mass is 9.54. The summed E-state index contributed by atoms with van der Waals surface area (Å²) in [5.41, 5.74) is -7.16. The van der Waals surface area contributed by atoms with Crippen molar-refractivity contribution in [3.05, 3.63) is 0 Å². The maximum atomic E-state index is 15.8. The monoisotopic (exact) mass is 1360 g/mol. The lowest BCUT2D eigenvalue weighted by Gasteiger charge is -2.53. The second-order valence-electron chi connectivity index (χ2n) is 34.7. The summed E-state index contributed by atoms with van der Waals surface area (Å²) in [7, 11) is 0. The summed E-state index contributed by atoms with van der Waals surface area (Å²) in [6.45, 7) is 84.4. The Morgan fingerprint density at radius 2 is 0.634 bits per heavy atom. The van der Waals surface area contributed by atoms with Crippen LogP contribution in [0, 0.1) is 86.8 Å². The Hall–Kier alpha value is -0.630. The van der Waals surface area contributed by atoms with Crippen LogP contribution in [0.2, 0.25) is 0 Å². The zero-order chi connectivity index (χ0) is 76.8. The third-order valence-electron chi connectivity index (χ3n) is 23.6. The average molecular weight is 1360 g/mol. The second kappa shape index (κ2) is 49.0. The van der Waals surface area contributed by atoms with Gasteiger partial charge in [-0.25, -0.2) is 39.5 Å². The van der Waals surface area contributed by atoms with Gasteiger partial charge in [-0.1, -0.05) is 281 Å². The van der Waals surface area contributed by atoms with E-state index in [4.69, 9.17) is 0 Å². The van der Waals surface area contributed by atoms with Crippen molar-refractivity contribution in [2.24, 2.45) is 86.8 Å². The largest absolute Gasteiger partial charge is 0.248 e. The first-order valence-corrected chi connectivity index (χ1v) is 38.6. The van der Waals surface area contributed by atoms with E-state index in [2.05, 4.69) is 159 Å². The van der Waals surface area contributed by atoms with Crippen LogP contribution in [0.1, 0.15) is 413 Å². The Kier molecular flexibility index (Phi) is 57.1. The van der Waals surface area contributed by atoms with Gasteiger partial charge in [-0.05, 0) is 190 Å². The standard InChI is InChI=1S/C17H35F.C14H29F.C12H25F.2C8H17F.C7H12F2.C7H15F.C6H13F.C5H12/c1-11(2)15(12(3)4)17(10,18)16(9,13(5)6)14(7)8;1-8-12(5,9-2)14(7,15)13(6,10-3)11-4;1-6-10(7-2)12(5,13)11(8-3)9-4;1-6(2)8(5,9)7(3)4;1-4-6-8(3,9)7-5-2;1-6-2-4-7(8,9)5-3-6;1-5-7(4,8)6(2)3;1-4-6(3,7)5-2;1-5(2,3)4/h11-15H,1-10H3;8-11H2,1-7H3;10-11H,6-9H2,1-5H3;6-7H,1-5H3;4-7H2,1-3H3;6H,2-5H2,1H3;6H,5H2,1-4H3;4-5H2,1-3H3;1-4H3. The molecule has 1 fully saturated rings. The topological polar surface area (TPSA) is 0 Å². The molecule has 9 heteroatoms. The first kappa shape index (κ1) is 108. The van der Waals surface area contributed by atoms with E-state index in [-0.39, 0.29) is 64.6 Å². The summed E-state index contributed by atoms with van der Waals surface area (Å²) < 4.78 is 122. The zero-order valence-corrected chi connectivity index (χ0v) is 71.2. The first-order valence-electron chi connectivity index (χ1n) is 38.6. The molecule has 0 heterocycles. The molecule has 0 radical (unpaired) electrons. The fourth-order valence-electron chi connectivity index (χ4n) is 12.9. The summed E-state index contributed by atoms with van der Waals surface area (Å²) >= 11 is 0. The van der Waals surface area contributed by atoms with E-state index in [1.54, 1.807) is 34.6 Å². The molecule has 0 nitrogen and oxygen atoms in total. The second-order valence-corrected chi connectivity index (χ2v) is 34.7. The van der Waals surface area contributed by atoms with Crippen LogP contribution in [-0.2, 0) is 0 Å². The van der Waals surface area contributed by atoms with Crippen LogP contribution < -0.4 is 0 Å². The number of rotatable bonds is 28. The Labute approximate surface area is 582 Å². The van der Waals surface area contributed by atoms with E-state index in [1.807, 2.05) is 96.9 Å². The minimum Gasteiger partial charge on any atom is -0.244 e. The van der Waals surface area contributed by atoms with Crippen LogP contribution in [0.15, 0.2) is 0 Å². The van der Waals surface area contributed by atoms with Crippen molar-refractivity contribution in [3.63, 3.8) is 0 Å². The van der Waals surface area contributed by atoms with E-state index in [9.17, 15) is 30.7 Å². The first-order chi connectivity index (χ1) is 41.4. The molecule has 1 aliphatic carbocycles. The number of hydrogen-bond donors (Lipinski definition) is 0. The molecule has 2 unspecified atom stereocenters. The summed E-state index contributed by atoms with van der Waals surface area (Å²) in [4.78, 5) is 0. The molecule has 93 heavy (non-hydrogen) atoms. The summed E-state index contributed by atoms with van der Waals surface area (Å²) in [5, 5.41) is 0. The highest BCUT2D eigenvalue weighted by Crippen LogP contribution is 2.55. The molecule has 0 amide bonds. The Balaban J connectivity index is -0.000000149. The maximum Gasteiger partial charge on any atom is 0.248 e. The van der Waals surface area contributed by atoms with Gasteiger partial charge >= 0.3 is 0 Å². The summed E-state index contributed by atoms with van der Waals surface area (Å²) in [6.07, 6.45) is 14.3. The normalized spacial score (nSPS) is 15.8. The van der Waals surface area contributed by atoms with Crippen LogP contribution in [-0.4, -0.2) is 45.6 Å². The van der Waals surface area contributed by atoms with Crippen molar-refractivity contribution in [3.8, 4) is 0 Å². The molecular formula is C84H175F9. The van der Waals surface area contributed by atoms with Crippen LogP contribution in [0.25, 0.3) is 0 Å². The lowest BCUT2D eigenvalue weighted by molar-refractivity contribution is -0.116. The van der Waals surface area contributed by atoms with Crippen LogP contribution in [0.4, 0.5) is 39.5 Å². The van der Waals surface area contributed by atoms with Gasteiger partial charge in [-0.3, -0.25) is 0 Å². The predicted octanol–water partition coefficient (Wildman–Crippen LogP) is 32.5. The zero-order valence-electron chi connectivity index (χ0n) is 71.2. The highest BCUT2D eigenvalue weighted by molar-refractivity contribution is 5.04. The molecule has 1 saturated carbocycles. The highest BCUT2D eigenvalue weighted by atomic mass is 19.3. The van der Waals surface area contributed by atoms with Crippen molar-refractivity contribution < 1.29 is 39.5 Å². The van der Waals surface area contributed by atoms with Crippen molar-refractivity contribution in [1.82, 2.24) is 0 Å². The average Bonchev–Trinajstić information content (AvgIpc) is 0.780. The SMILES string of the molecule is CC(C)(C)C.CC(C)C(C(C)C)C(C)(F)C(C)(C(C)C)C(C)C.CC(C)C(C)(F)C(C)C.CC1CCC(F)(F)CC1.CCC(C)(CC)C(C)(F)C(C)(CC)CC.CCC(C)(F)C(C)C.CCC(C)(F)CC.CCC(CC)C(C)(F)C(CC)CC.CCCC(C)(F)CCC. The molecular weight excluding hydrogens is 1180 g/mol. The van der Waals surface area contributed by atoms with E-state index >= 15 is 8.78 Å². The van der Waals surface area contributed by atoms with Crippen molar-refractivity contribution in [2.75, 3.05) is 0 Å². The third-order valence-corrected chi connectivity index (χ3v) is 23.6. The number of alkyl halides is 9. The molecule has 0 aromatic carbocycles. The van der Waals surface area contributed by atoms with Gasteiger partial charge in [0.2, 0.25) is 5.92 Å². The van der Waals surface area contributed by atoms with Crippen LogP contribution in [0.3, 0.4) is 0 Å². The maximum absolute atomic E-state index is 15.8. The van der Waals surface area contributed by atoms with Gasteiger partial charge in [0, 0.05) is 29.1 Å². The number of halogens is 9. The Morgan fingerprint density at radius 1 is 0.366 bits per heavy atom. The smallest absolute Gasteiger partial charge is 0.244 e. The molecule has 1 rings (SSSR count). The third kappa shape index (κ3) is 42.3. The molecule has 0 spiro atoms. The van der Waals surface area contributed by atoms with E-state index in [1.165, 1.54) is 0 Å². The van der Waals surface area contributed by atoms with Gasteiger partial charge in [-0.2, -0.15) is 0 Å². The molecule has 574 valence electrons. The van der Waals surface area contributed by atoms with Gasteiger partial charge in [0.05, 0.1) is 0 Å². The van der Waals surface area contributed by atoms with Crippen LogP contribution >= 0.6 is 0 Å². The molecule has 0 saturated heterocycles. The van der Waals surface area contributed by atoms with Gasteiger partial charge in [-0.15, -0.1) is 0 Å². The van der Waals surface area contributed by atoms with Gasteiger partial charge < -0.3 is 0 Å². The van der Waals surface area contributed by atoms with Gasteiger partial charge in [0.25, 0.3) is 0 Å². The molecule has 0 aromatic rings. The molecule has 0 bridgehead atoms. The minimum absolute atomic E-state index is 0.104. The summed E-state index contributed by atoms with van der Waals surface area (Å²) in [6, 6.07) is 0. The number of hydrogen-bond acceptors (Lipinski definition) is 0. The minimum atomic E-state index is -2.34. The van der Waals surface area contributed by atoms with Gasteiger partial charge in [0.15, 0.2) is 0 Å². The molecule has 0 aromatic heterocycles. The fourth-order valence-corrected chi connectivity index (χ4v) is 12.9. The highest BCUT2D eigenvalue weighted by Gasteiger charge is 2.55.